The Balaban J connectivity index is 3.29. The summed E-state index contributed by atoms with van der Waals surface area (Å²) in [5.74, 6) is 0. The quantitative estimate of drug-likeness (QED) is 0.466. The second kappa shape index (κ2) is 5.96. The molecule has 0 aliphatic heterocycles. The van der Waals surface area contributed by atoms with Crippen molar-refractivity contribution in [3.63, 3.8) is 0 Å². The third-order valence-electron chi connectivity index (χ3n) is 2.11. The van der Waals surface area contributed by atoms with Gasteiger partial charge in [0.25, 0.3) is 0 Å². The van der Waals surface area contributed by atoms with Gasteiger partial charge in [-0.15, -0.1) is 23.5 Å². The lowest BCUT2D eigenvalue weighted by Gasteiger charge is -2.07. The predicted octanol–water partition coefficient (Wildman–Crippen LogP) is 3.77. The van der Waals surface area contributed by atoms with Crippen molar-refractivity contribution in [2.24, 2.45) is 0 Å². The van der Waals surface area contributed by atoms with Gasteiger partial charge in [0.1, 0.15) is 0 Å². The lowest BCUT2D eigenvalue weighted by atomic mass is 10.2. The number of hydrogen-bond donors (Lipinski definition) is 0. The average Bonchev–Trinajstić information content (AvgIpc) is 2.29. The van der Waals surface area contributed by atoms with E-state index in [1.807, 2.05) is 30.7 Å². The molecule has 0 bridgehead atoms. The molecule has 0 radical (unpaired) electrons. The van der Waals surface area contributed by atoms with E-state index in [2.05, 4.69) is 0 Å². The molecule has 0 saturated heterocycles. The zero-order valence-corrected chi connectivity index (χ0v) is 11.0. The summed E-state index contributed by atoms with van der Waals surface area (Å²) in [6.45, 7) is 1.52. The summed E-state index contributed by atoms with van der Waals surface area (Å²) >= 11 is 3.20. The molecule has 0 saturated carbocycles. The molecule has 86 valence electrons. The van der Waals surface area contributed by atoms with E-state index in [9.17, 15) is 10.1 Å². The van der Waals surface area contributed by atoms with E-state index in [-0.39, 0.29) is 10.6 Å². The van der Waals surface area contributed by atoms with Crippen LogP contribution in [0.5, 0.6) is 0 Å². The Kier molecular flexibility index (Phi) is 4.89. The van der Waals surface area contributed by atoms with Crippen molar-refractivity contribution in [3.8, 4) is 0 Å². The van der Waals surface area contributed by atoms with Crippen LogP contribution in [0.15, 0.2) is 33.7 Å². The van der Waals surface area contributed by atoms with Crippen LogP contribution in [0.4, 0.5) is 0 Å². The lowest BCUT2D eigenvalue weighted by Crippen LogP contribution is -1.94. The monoisotopic (exact) mass is 255 g/mol. The maximum atomic E-state index is 10.6. The van der Waals surface area contributed by atoms with Gasteiger partial charge in [0.15, 0.2) is 0 Å². The number of benzene rings is 1. The molecule has 16 heavy (non-hydrogen) atoms. The molecule has 1 aromatic rings. The Labute approximate surface area is 103 Å². The number of rotatable bonds is 4. The van der Waals surface area contributed by atoms with Gasteiger partial charge in [-0.05, 0) is 24.6 Å². The fraction of sp³-hybridized carbons (Fsp3) is 0.273. The standard InChI is InChI=1S/C11H13NO2S2/c1-8(12(13)14)7-9-10(15-2)5-4-6-11(9)16-3/h4-7H,1-3H3/b8-7+. The molecule has 0 aliphatic carbocycles. The lowest BCUT2D eigenvalue weighted by molar-refractivity contribution is -0.422. The van der Waals surface area contributed by atoms with Gasteiger partial charge in [-0.25, -0.2) is 0 Å². The Morgan fingerprint density at radius 3 is 2.19 bits per heavy atom. The molecule has 0 aliphatic rings. The molecule has 5 heteroatoms. The normalized spacial score (nSPS) is 11.6. The van der Waals surface area contributed by atoms with Crippen molar-refractivity contribution in [2.45, 2.75) is 16.7 Å². The zero-order chi connectivity index (χ0) is 12.1. The first kappa shape index (κ1) is 13.1. The fourth-order valence-corrected chi connectivity index (χ4v) is 2.56. The maximum absolute atomic E-state index is 10.6. The summed E-state index contributed by atoms with van der Waals surface area (Å²) in [5.41, 5.74) is 1.11. The number of allylic oxidation sites excluding steroid dienone is 1. The first-order valence-electron chi connectivity index (χ1n) is 4.63. The molecule has 0 unspecified atom stereocenters. The van der Waals surface area contributed by atoms with Crippen LogP contribution in [-0.4, -0.2) is 17.4 Å². The number of thioether (sulfide) groups is 2. The molecule has 1 aromatic carbocycles. The minimum Gasteiger partial charge on any atom is -0.259 e. The van der Waals surface area contributed by atoms with Crippen molar-refractivity contribution < 1.29 is 4.92 Å². The molecule has 0 amide bonds. The highest BCUT2D eigenvalue weighted by molar-refractivity contribution is 7.99. The van der Waals surface area contributed by atoms with Crippen molar-refractivity contribution in [1.29, 1.82) is 0 Å². The van der Waals surface area contributed by atoms with Gasteiger partial charge in [-0.1, -0.05) is 6.07 Å². The minimum absolute atomic E-state index is 0.164. The Morgan fingerprint density at radius 1 is 1.31 bits per heavy atom. The summed E-state index contributed by atoms with van der Waals surface area (Å²) in [7, 11) is 0. The molecule has 1 rings (SSSR count). The highest BCUT2D eigenvalue weighted by Crippen LogP contribution is 2.31. The van der Waals surface area contributed by atoms with Crippen molar-refractivity contribution in [1.82, 2.24) is 0 Å². The fourth-order valence-electron chi connectivity index (χ4n) is 1.28. The molecule has 3 nitrogen and oxygen atoms in total. The van der Waals surface area contributed by atoms with E-state index in [0.29, 0.717) is 0 Å². The summed E-state index contributed by atoms with van der Waals surface area (Å²) < 4.78 is 0. The highest BCUT2D eigenvalue weighted by Gasteiger charge is 2.09. The predicted molar refractivity (Wildman–Crippen MR) is 70.6 cm³/mol. The van der Waals surface area contributed by atoms with E-state index < -0.39 is 0 Å². The molecule has 0 atom stereocenters. The number of nitro groups is 1. The largest absolute Gasteiger partial charge is 0.259 e. The van der Waals surface area contributed by atoms with Gasteiger partial charge < -0.3 is 0 Å². The zero-order valence-electron chi connectivity index (χ0n) is 9.39. The van der Waals surface area contributed by atoms with Crippen LogP contribution in [0.25, 0.3) is 6.08 Å². The van der Waals surface area contributed by atoms with E-state index in [1.165, 1.54) is 6.92 Å². The Bertz CT molecular complexity index is 408. The Morgan fingerprint density at radius 2 is 1.81 bits per heavy atom. The van der Waals surface area contributed by atoms with Crippen LogP contribution in [-0.2, 0) is 0 Å². The molecule has 0 N–H and O–H groups in total. The first-order valence-corrected chi connectivity index (χ1v) is 7.08. The van der Waals surface area contributed by atoms with E-state index in [4.69, 9.17) is 0 Å². The first-order chi connectivity index (χ1) is 7.60. The molecule has 0 fully saturated rings. The van der Waals surface area contributed by atoms with Crippen molar-refractivity contribution in [3.05, 3.63) is 39.6 Å². The van der Waals surface area contributed by atoms with Gasteiger partial charge in [-0.3, -0.25) is 10.1 Å². The third-order valence-corrected chi connectivity index (χ3v) is 3.70. The maximum Gasteiger partial charge on any atom is 0.243 e. The summed E-state index contributed by atoms with van der Waals surface area (Å²) in [6, 6.07) is 5.92. The van der Waals surface area contributed by atoms with Gasteiger partial charge in [0.05, 0.1) is 4.92 Å². The molecule has 0 spiro atoms. The van der Waals surface area contributed by atoms with Crippen LogP contribution >= 0.6 is 23.5 Å². The molecule has 0 aromatic heterocycles. The SMILES string of the molecule is CSc1cccc(SC)c1/C=C(\C)[N+](=O)[O-]. The van der Waals surface area contributed by atoms with E-state index in [1.54, 1.807) is 29.6 Å². The van der Waals surface area contributed by atoms with Gasteiger partial charge in [0, 0.05) is 28.4 Å². The van der Waals surface area contributed by atoms with Crippen LogP contribution in [0.1, 0.15) is 12.5 Å². The van der Waals surface area contributed by atoms with Gasteiger partial charge in [-0.2, -0.15) is 0 Å². The van der Waals surface area contributed by atoms with Crippen LogP contribution in [0, 0.1) is 10.1 Å². The smallest absolute Gasteiger partial charge is 0.243 e. The van der Waals surface area contributed by atoms with E-state index in [0.717, 1.165) is 15.4 Å². The van der Waals surface area contributed by atoms with E-state index >= 15 is 0 Å². The Hall–Kier alpha value is -0.940. The number of hydrogen-bond acceptors (Lipinski definition) is 4. The van der Waals surface area contributed by atoms with Crippen LogP contribution in [0.2, 0.25) is 0 Å². The van der Waals surface area contributed by atoms with Crippen LogP contribution in [0.3, 0.4) is 0 Å². The van der Waals surface area contributed by atoms with Crippen molar-refractivity contribution >= 4 is 29.6 Å². The molecular weight excluding hydrogens is 242 g/mol. The second-order valence-electron chi connectivity index (χ2n) is 3.12. The minimum atomic E-state index is -0.360. The van der Waals surface area contributed by atoms with Gasteiger partial charge >= 0.3 is 0 Å². The van der Waals surface area contributed by atoms with Crippen molar-refractivity contribution in [2.75, 3.05) is 12.5 Å². The highest BCUT2D eigenvalue weighted by atomic mass is 32.2. The molecule has 0 heterocycles. The number of nitrogens with zero attached hydrogens (tertiary/aromatic N) is 1. The average molecular weight is 255 g/mol. The molecular formula is C11H13NO2S2. The second-order valence-corrected chi connectivity index (χ2v) is 4.82. The summed E-state index contributed by atoms with van der Waals surface area (Å²) in [6.07, 6.45) is 5.58. The van der Waals surface area contributed by atoms with Crippen LogP contribution < -0.4 is 0 Å². The topological polar surface area (TPSA) is 43.1 Å². The van der Waals surface area contributed by atoms with Gasteiger partial charge in [0.2, 0.25) is 5.70 Å². The summed E-state index contributed by atoms with van der Waals surface area (Å²) in [4.78, 5) is 12.4. The summed E-state index contributed by atoms with van der Waals surface area (Å²) in [5, 5.41) is 10.6. The third kappa shape index (κ3) is 3.02.